The van der Waals surface area contributed by atoms with E-state index in [2.05, 4.69) is 34.1 Å². The van der Waals surface area contributed by atoms with Crippen LogP contribution >= 0.6 is 11.3 Å². The summed E-state index contributed by atoms with van der Waals surface area (Å²) in [6, 6.07) is 4.66. The molecule has 160 valence electrons. The Morgan fingerprint density at radius 2 is 2.13 bits per heavy atom. The molecule has 2 aromatic heterocycles. The summed E-state index contributed by atoms with van der Waals surface area (Å²) >= 11 is 1.50. The number of thiazole rings is 1. The van der Waals surface area contributed by atoms with Crippen LogP contribution in [0.25, 0.3) is 0 Å². The monoisotopic (exact) mass is 438 g/mol. The van der Waals surface area contributed by atoms with Crippen molar-refractivity contribution < 1.29 is 9.72 Å². The number of benzene rings is 1. The quantitative estimate of drug-likeness (QED) is 0.469. The van der Waals surface area contributed by atoms with Gasteiger partial charge in [0, 0.05) is 30.0 Å². The molecule has 0 radical (unpaired) electrons. The maximum atomic E-state index is 13.3. The van der Waals surface area contributed by atoms with Crippen LogP contribution < -0.4 is 5.32 Å². The zero-order chi connectivity index (χ0) is 22.1. The van der Waals surface area contributed by atoms with E-state index in [-0.39, 0.29) is 23.7 Å². The molecule has 1 amide bonds. The SMILES string of the molecule is Cc1cccc([N+](=O)[O-])c1C(=O)N1CCc2ncnc(Nc3nc(C(C)C)cs3)c2C1. The van der Waals surface area contributed by atoms with Crippen molar-refractivity contribution in [1.29, 1.82) is 0 Å². The van der Waals surface area contributed by atoms with Gasteiger partial charge in [0.15, 0.2) is 5.13 Å². The lowest BCUT2D eigenvalue weighted by Gasteiger charge is -2.29. The molecule has 1 aromatic carbocycles. The number of hydrogen-bond donors (Lipinski definition) is 1. The minimum atomic E-state index is -0.511. The van der Waals surface area contributed by atoms with Crippen LogP contribution in [0.2, 0.25) is 0 Å². The van der Waals surface area contributed by atoms with Crippen LogP contribution in [0.1, 0.15) is 52.6 Å². The summed E-state index contributed by atoms with van der Waals surface area (Å²) in [5.74, 6) is 0.567. The molecule has 9 nitrogen and oxygen atoms in total. The van der Waals surface area contributed by atoms with Crippen molar-refractivity contribution in [3.05, 3.63) is 68.1 Å². The third kappa shape index (κ3) is 4.11. The van der Waals surface area contributed by atoms with Crippen LogP contribution in [-0.2, 0) is 13.0 Å². The van der Waals surface area contributed by atoms with Gasteiger partial charge in [-0.3, -0.25) is 14.9 Å². The molecule has 3 aromatic rings. The van der Waals surface area contributed by atoms with Gasteiger partial charge in [-0.05, 0) is 18.4 Å². The van der Waals surface area contributed by atoms with Gasteiger partial charge in [0.25, 0.3) is 11.6 Å². The summed E-state index contributed by atoms with van der Waals surface area (Å²) in [5.41, 5.74) is 3.20. The van der Waals surface area contributed by atoms with Gasteiger partial charge >= 0.3 is 0 Å². The van der Waals surface area contributed by atoms with Crippen molar-refractivity contribution in [3.63, 3.8) is 0 Å². The molecule has 1 aliphatic heterocycles. The second-order valence-corrected chi connectivity index (χ2v) is 8.57. The van der Waals surface area contributed by atoms with Crippen LogP contribution in [0.15, 0.2) is 29.9 Å². The molecule has 31 heavy (non-hydrogen) atoms. The van der Waals surface area contributed by atoms with E-state index in [4.69, 9.17) is 0 Å². The van der Waals surface area contributed by atoms with E-state index in [1.165, 1.54) is 23.7 Å². The summed E-state index contributed by atoms with van der Waals surface area (Å²) in [6.45, 7) is 6.58. The lowest BCUT2D eigenvalue weighted by Crippen LogP contribution is -2.37. The fourth-order valence-corrected chi connectivity index (χ4v) is 4.44. The molecule has 0 spiro atoms. The smallest absolute Gasteiger partial charge is 0.282 e. The predicted octanol–water partition coefficient (Wildman–Crippen LogP) is 4.22. The summed E-state index contributed by atoms with van der Waals surface area (Å²) in [5, 5.41) is 17.5. The van der Waals surface area contributed by atoms with E-state index in [9.17, 15) is 14.9 Å². The molecule has 1 aliphatic rings. The Morgan fingerprint density at radius 3 is 2.84 bits per heavy atom. The van der Waals surface area contributed by atoms with Gasteiger partial charge in [0.1, 0.15) is 17.7 Å². The van der Waals surface area contributed by atoms with E-state index < -0.39 is 4.92 Å². The number of carbonyl (C=O) groups is 1. The Hall–Kier alpha value is -3.40. The van der Waals surface area contributed by atoms with Gasteiger partial charge in [0.2, 0.25) is 0 Å². The molecule has 1 N–H and O–H groups in total. The molecular formula is C21H22N6O3S. The first-order valence-electron chi connectivity index (χ1n) is 9.93. The van der Waals surface area contributed by atoms with Gasteiger partial charge < -0.3 is 10.2 Å². The van der Waals surface area contributed by atoms with Crippen LogP contribution in [-0.4, -0.2) is 37.2 Å². The van der Waals surface area contributed by atoms with E-state index >= 15 is 0 Å². The second kappa shape index (κ2) is 8.38. The topological polar surface area (TPSA) is 114 Å². The summed E-state index contributed by atoms with van der Waals surface area (Å²) in [7, 11) is 0. The third-order valence-corrected chi connectivity index (χ3v) is 6.07. The van der Waals surface area contributed by atoms with Crippen LogP contribution in [0, 0.1) is 17.0 Å². The Balaban J connectivity index is 1.63. The Kier molecular flexibility index (Phi) is 5.64. The van der Waals surface area contributed by atoms with E-state index in [0.717, 1.165) is 22.1 Å². The summed E-state index contributed by atoms with van der Waals surface area (Å²) in [4.78, 5) is 39.2. The number of aromatic nitrogens is 3. The highest BCUT2D eigenvalue weighted by Gasteiger charge is 2.30. The minimum Gasteiger partial charge on any atom is -0.333 e. The molecule has 0 fully saturated rings. The van der Waals surface area contributed by atoms with E-state index in [0.29, 0.717) is 30.3 Å². The molecule has 0 saturated heterocycles. The molecule has 10 heteroatoms. The number of hydrogen-bond acceptors (Lipinski definition) is 8. The highest BCUT2D eigenvalue weighted by atomic mass is 32.1. The molecule has 3 heterocycles. The first-order chi connectivity index (χ1) is 14.8. The number of fused-ring (bicyclic) bond motifs is 1. The minimum absolute atomic E-state index is 0.129. The van der Waals surface area contributed by atoms with Crippen LogP contribution in [0.4, 0.5) is 16.6 Å². The normalized spacial score (nSPS) is 13.2. The molecule has 0 bridgehead atoms. The molecule has 0 saturated carbocycles. The Morgan fingerprint density at radius 1 is 1.32 bits per heavy atom. The van der Waals surface area contributed by atoms with Crippen LogP contribution in [0.3, 0.4) is 0 Å². The van der Waals surface area contributed by atoms with Gasteiger partial charge in [-0.15, -0.1) is 11.3 Å². The molecule has 4 rings (SSSR count). The van der Waals surface area contributed by atoms with Gasteiger partial charge in [-0.1, -0.05) is 26.0 Å². The number of amides is 1. The van der Waals surface area contributed by atoms with Crippen molar-refractivity contribution in [1.82, 2.24) is 19.9 Å². The Labute approximate surface area is 183 Å². The molecule has 0 aliphatic carbocycles. The number of carbonyl (C=O) groups excluding carboxylic acids is 1. The van der Waals surface area contributed by atoms with Crippen molar-refractivity contribution in [2.45, 2.75) is 39.7 Å². The maximum Gasteiger partial charge on any atom is 0.282 e. The Bertz CT molecular complexity index is 1160. The summed E-state index contributed by atoms with van der Waals surface area (Å²) < 4.78 is 0. The van der Waals surface area contributed by atoms with Crippen molar-refractivity contribution in [2.24, 2.45) is 0 Å². The highest BCUT2D eigenvalue weighted by Crippen LogP contribution is 2.30. The lowest BCUT2D eigenvalue weighted by atomic mass is 10.0. The zero-order valence-electron chi connectivity index (χ0n) is 17.5. The third-order valence-electron chi connectivity index (χ3n) is 5.29. The van der Waals surface area contributed by atoms with Crippen molar-refractivity contribution >= 4 is 33.9 Å². The first kappa shape index (κ1) is 20.9. The highest BCUT2D eigenvalue weighted by molar-refractivity contribution is 7.13. The van der Waals surface area contributed by atoms with Crippen molar-refractivity contribution in [2.75, 3.05) is 11.9 Å². The standard InChI is InChI=1S/C21H22N6O3S/c1-12(2)16-10-31-21(24-16)25-19-14-9-26(8-7-15(14)22-11-23-19)20(28)18-13(3)5-4-6-17(18)27(29)30/h4-6,10-12H,7-9H2,1-3H3,(H,22,23,24,25). The number of anilines is 2. The number of rotatable bonds is 5. The number of nitrogens with zero attached hydrogens (tertiary/aromatic N) is 5. The van der Waals surface area contributed by atoms with Gasteiger partial charge in [0.05, 0.1) is 22.9 Å². The fraction of sp³-hybridized carbons (Fsp3) is 0.333. The van der Waals surface area contributed by atoms with E-state index in [1.54, 1.807) is 24.0 Å². The van der Waals surface area contributed by atoms with Crippen molar-refractivity contribution in [3.8, 4) is 0 Å². The fourth-order valence-electron chi connectivity index (χ4n) is 3.57. The number of aryl methyl sites for hydroxylation is 1. The van der Waals surface area contributed by atoms with Crippen LogP contribution in [0.5, 0.6) is 0 Å². The second-order valence-electron chi connectivity index (χ2n) is 7.71. The predicted molar refractivity (Wildman–Crippen MR) is 118 cm³/mol. The number of nitro benzene ring substituents is 1. The van der Waals surface area contributed by atoms with Gasteiger partial charge in [-0.25, -0.2) is 15.0 Å². The lowest BCUT2D eigenvalue weighted by molar-refractivity contribution is -0.385. The zero-order valence-corrected chi connectivity index (χ0v) is 18.3. The number of nitro groups is 1. The first-order valence-corrected chi connectivity index (χ1v) is 10.8. The average Bonchev–Trinajstić information content (AvgIpc) is 3.22. The average molecular weight is 439 g/mol. The molecule has 0 atom stereocenters. The van der Waals surface area contributed by atoms with Gasteiger partial charge in [-0.2, -0.15) is 0 Å². The molecule has 0 unspecified atom stereocenters. The summed E-state index contributed by atoms with van der Waals surface area (Å²) in [6.07, 6.45) is 2.05. The largest absolute Gasteiger partial charge is 0.333 e. The maximum absolute atomic E-state index is 13.3. The van der Waals surface area contributed by atoms with E-state index in [1.807, 2.05) is 5.38 Å². The molecular weight excluding hydrogens is 416 g/mol. The number of nitrogens with one attached hydrogen (secondary N) is 1.